The second kappa shape index (κ2) is 6.67. The summed E-state index contributed by atoms with van der Waals surface area (Å²) in [6.07, 6.45) is 2.42. The fourth-order valence-electron chi connectivity index (χ4n) is 2.11. The van der Waals surface area contributed by atoms with Crippen molar-refractivity contribution in [2.45, 2.75) is 19.8 Å². The number of methoxy groups -OCH3 is 2. The summed E-state index contributed by atoms with van der Waals surface area (Å²) in [6.45, 7) is 2.85. The fraction of sp³-hybridized carbons (Fsp3) is 0.533. The van der Waals surface area contributed by atoms with E-state index in [4.69, 9.17) is 9.47 Å². The van der Waals surface area contributed by atoms with E-state index in [1.807, 2.05) is 0 Å². The lowest BCUT2D eigenvalue weighted by molar-refractivity contribution is 0.0600. The van der Waals surface area contributed by atoms with E-state index in [0.717, 1.165) is 11.6 Å². The van der Waals surface area contributed by atoms with E-state index in [1.54, 1.807) is 19.1 Å². The SMILES string of the molecule is CCN([O-])c1cc(C(=O)OC)cc(OC)c1NCC1CC1. The van der Waals surface area contributed by atoms with Crippen molar-refractivity contribution in [2.75, 3.05) is 37.7 Å². The van der Waals surface area contributed by atoms with E-state index < -0.39 is 5.97 Å². The second-order valence-electron chi connectivity index (χ2n) is 5.08. The average Bonchev–Trinajstić information content (AvgIpc) is 3.34. The molecule has 6 nitrogen and oxygen atoms in total. The van der Waals surface area contributed by atoms with Crippen molar-refractivity contribution >= 4 is 17.3 Å². The number of anilines is 2. The number of ether oxygens (including phenoxy) is 2. The molecule has 0 atom stereocenters. The summed E-state index contributed by atoms with van der Waals surface area (Å²) < 4.78 is 10.0. The molecule has 1 fully saturated rings. The van der Waals surface area contributed by atoms with Gasteiger partial charge in [0.25, 0.3) is 0 Å². The Hall–Kier alpha value is -1.95. The Morgan fingerprint density at radius 1 is 1.43 bits per heavy atom. The van der Waals surface area contributed by atoms with Crippen LogP contribution in [0.3, 0.4) is 0 Å². The quantitative estimate of drug-likeness (QED) is 0.615. The molecule has 0 bridgehead atoms. The smallest absolute Gasteiger partial charge is 0.338 e. The van der Waals surface area contributed by atoms with Crippen molar-refractivity contribution in [2.24, 2.45) is 5.92 Å². The minimum atomic E-state index is -0.493. The van der Waals surface area contributed by atoms with Gasteiger partial charge in [0.2, 0.25) is 0 Å². The van der Waals surface area contributed by atoms with E-state index in [2.05, 4.69) is 5.32 Å². The monoisotopic (exact) mass is 293 g/mol. The standard InChI is InChI=1S/C15H21N2O4/c1-4-17(19)12-7-11(15(18)21-3)8-13(20-2)14(12)16-9-10-5-6-10/h7-8,10,16H,4-6,9H2,1-3H3/q-1. The van der Waals surface area contributed by atoms with Gasteiger partial charge in [0.15, 0.2) is 0 Å². The Kier molecular flexibility index (Phi) is 4.90. The van der Waals surface area contributed by atoms with Gasteiger partial charge >= 0.3 is 5.97 Å². The molecular weight excluding hydrogens is 272 g/mol. The van der Waals surface area contributed by atoms with Gasteiger partial charge in [0.1, 0.15) is 5.75 Å². The lowest BCUT2D eigenvalue weighted by atomic mass is 10.1. The van der Waals surface area contributed by atoms with Crippen molar-refractivity contribution in [3.8, 4) is 5.75 Å². The van der Waals surface area contributed by atoms with Crippen LogP contribution in [0.15, 0.2) is 12.1 Å². The number of hydroxylamine groups is 1. The maximum atomic E-state index is 12.1. The van der Waals surface area contributed by atoms with Gasteiger partial charge in [-0.05, 0) is 37.8 Å². The number of hydrogen-bond acceptors (Lipinski definition) is 6. The van der Waals surface area contributed by atoms with Crippen LogP contribution in [0, 0.1) is 11.1 Å². The van der Waals surface area contributed by atoms with Crippen LogP contribution in [0.2, 0.25) is 0 Å². The summed E-state index contributed by atoms with van der Waals surface area (Å²) in [4.78, 5) is 11.7. The van der Waals surface area contributed by atoms with Gasteiger partial charge in [-0.2, -0.15) is 0 Å². The predicted octanol–water partition coefficient (Wildman–Crippen LogP) is 2.63. The molecule has 0 aromatic heterocycles. The molecule has 0 radical (unpaired) electrons. The molecule has 1 aliphatic rings. The zero-order chi connectivity index (χ0) is 15.4. The van der Waals surface area contributed by atoms with Crippen LogP contribution in [0.5, 0.6) is 5.75 Å². The number of nitrogens with one attached hydrogen (secondary N) is 1. The predicted molar refractivity (Wildman–Crippen MR) is 81.9 cm³/mol. The maximum absolute atomic E-state index is 12.1. The van der Waals surface area contributed by atoms with E-state index in [1.165, 1.54) is 27.1 Å². The molecule has 0 spiro atoms. The first kappa shape index (κ1) is 15.4. The lowest BCUT2D eigenvalue weighted by Crippen LogP contribution is -2.18. The third kappa shape index (κ3) is 3.58. The molecule has 0 saturated heterocycles. The van der Waals surface area contributed by atoms with Crippen molar-refractivity contribution in [1.29, 1.82) is 0 Å². The molecule has 0 unspecified atom stereocenters. The van der Waals surface area contributed by atoms with Gasteiger partial charge in [-0.1, -0.05) is 0 Å². The summed E-state index contributed by atoms with van der Waals surface area (Å²) in [6, 6.07) is 3.13. The molecule has 0 heterocycles. The molecule has 1 aliphatic carbocycles. The van der Waals surface area contributed by atoms with Crippen LogP contribution in [-0.4, -0.2) is 33.3 Å². The summed E-state index contributed by atoms with van der Waals surface area (Å²) in [5.74, 6) is 0.639. The summed E-state index contributed by atoms with van der Waals surface area (Å²) in [7, 11) is 2.83. The first-order chi connectivity index (χ1) is 10.1. The van der Waals surface area contributed by atoms with Crippen molar-refractivity contribution < 1.29 is 14.3 Å². The Morgan fingerprint density at radius 3 is 2.67 bits per heavy atom. The molecular formula is C15H21N2O4-. The molecule has 2 rings (SSSR count). The molecule has 0 amide bonds. The van der Waals surface area contributed by atoms with E-state index >= 15 is 0 Å². The Morgan fingerprint density at radius 2 is 2.14 bits per heavy atom. The number of esters is 1. The number of carbonyl (C=O) groups is 1. The summed E-state index contributed by atoms with van der Waals surface area (Å²) >= 11 is 0. The second-order valence-corrected chi connectivity index (χ2v) is 5.08. The average molecular weight is 293 g/mol. The lowest BCUT2D eigenvalue weighted by Gasteiger charge is -2.32. The first-order valence-electron chi connectivity index (χ1n) is 7.09. The fourth-order valence-corrected chi connectivity index (χ4v) is 2.11. The van der Waals surface area contributed by atoms with Crippen LogP contribution in [0.1, 0.15) is 30.1 Å². The summed E-state index contributed by atoms with van der Waals surface area (Å²) in [5.41, 5.74) is 1.34. The van der Waals surface area contributed by atoms with Gasteiger partial charge in [0.05, 0.1) is 31.2 Å². The Bertz CT molecular complexity index is 515. The van der Waals surface area contributed by atoms with E-state index in [9.17, 15) is 10.0 Å². The van der Waals surface area contributed by atoms with Crippen LogP contribution < -0.4 is 15.1 Å². The molecule has 21 heavy (non-hydrogen) atoms. The molecule has 1 saturated carbocycles. The largest absolute Gasteiger partial charge is 0.758 e. The zero-order valence-corrected chi connectivity index (χ0v) is 12.6. The molecule has 1 aromatic rings. The van der Waals surface area contributed by atoms with Crippen LogP contribution >= 0.6 is 0 Å². The maximum Gasteiger partial charge on any atom is 0.338 e. The number of hydrogen-bond donors (Lipinski definition) is 1. The van der Waals surface area contributed by atoms with E-state index in [-0.39, 0.29) is 6.54 Å². The molecule has 116 valence electrons. The highest BCUT2D eigenvalue weighted by Gasteiger charge is 2.23. The van der Waals surface area contributed by atoms with Crippen molar-refractivity contribution in [3.05, 3.63) is 22.9 Å². The van der Waals surface area contributed by atoms with Gasteiger partial charge in [0, 0.05) is 13.1 Å². The number of carbonyl (C=O) groups excluding carboxylic acids is 1. The zero-order valence-electron chi connectivity index (χ0n) is 12.6. The highest BCUT2D eigenvalue weighted by atomic mass is 16.5. The van der Waals surface area contributed by atoms with Gasteiger partial charge < -0.3 is 25.1 Å². The third-order valence-electron chi connectivity index (χ3n) is 3.54. The molecule has 1 aromatic carbocycles. The highest BCUT2D eigenvalue weighted by Crippen LogP contribution is 2.38. The Labute approximate surface area is 124 Å². The van der Waals surface area contributed by atoms with Gasteiger partial charge in [-0.15, -0.1) is 0 Å². The first-order valence-corrected chi connectivity index (χ1v) is 7.09. The summed E-state index contributed by atoms with van der Waals surface area (Å²) in [5, 5.41) is 16.2. The van der Waals surface area contributed by atoms with Crippen LogP contribution in [0.4, 0.5) is 11.4 Å². The van der Waals surface area contributed by atoms with Crippen LogP contribution in [0.25, 0.3) is 0 Å². The van der Waals surface area contributed by atoms with Crippen molar-refractivity contribution in [1.82, 2.24) is 0 Å². The highest BCUT2D eigenvalue weighted by molar-refractivity contribution is 5.94. The van der Waals surface area contributed by atoms with E-state index in [0.29, 0.717) is 28.6 Å². The number of nitrogens with zero attached hydrogens (tertiary/aromatic N) is 1. The number of rotatable bonds is 7. The molecule has 1 N–H and O–H groups in total. The van der Waals surface area contributed by atoms with Gasteiger partial charge in [-0.3, -0.25) is 0 Å². The Balaban J connectivity index is 2.39. The molecule has 0 aliphatic heterocycles. The normalized spacial score (nSPS) is 13.7. The topological polar surface area (TPSA) is 73.9 Å². The number of benzene rings is 1. The minimum absolute atomic E-state index is 0.284. The molecule has 6 heteroatoms. The minimum Gasteiger partial charge on any atom is -0.758 e. The third-order valence-corrected chi connectivity index (χ3v) is 3.54. The van der Waals surface area contributed by atoms with Crippen molar-refractivity contribution in [3.63, 3.8) is 0 Å². The van der Waals surface area contributed by atoms with Gasteiger partial charge in [-0.25, -0.2) is 4.79 Å². The van der Waals surface area contributed by atoms with Crippen LogP contribution in [-0.2, 0) is 4.74 Å².